The van der Waals surface area contributed by atoms with Crippen molar-refractivity contribution in [1.29, 1.82) is 0 Å². The summed E-state index contributed by atoms with van der Waals surface area (Å²) in [5.41, 5.74) is 8.26. The molecule has 170 valence electrons. The van der Waals surface area contributed by atoms with E-state index in [0.717, 1.165) is 24.2 Å². The Morgan fingerprint density at radius 3 is 2.88 bits per heavy atom. The average Bonchev–Trinajstić information content (AvgIpc) is 3.19. The van der Waals surface area contributed by atoms with Crippen molar-refractivity contribution in [3.8, 4) is 0 Å². The minimum atomic E-state index is -0.254. The van der Waals surface area contributed by atoms with Crippen LogP contribution in [0.1, 0.15) is 18.5 Å². The third kappa shape index (κ3) is 8.57. The molecule has 1 amide bonds. The number of carbonyl (C=O) groups excluding carboxylic acids is 1. The topological polar surface area (TPSA) is 141 Å². The second kappa shape index (κ2) is 13.6. The lowest BCUT2D eigenvalue weighted by Gasteiger charge is -2.13. The Balaban J connectivity index is 0.000000336. The molecule has 6 N–H and O–H groups in total. The molecule has 0 saturated heterocycles. The summed E-state index contributed by atoms with van der Waals surface area (Å²) in [5, 5.41) is 21.9. The molecule has 1 atom stereocenters. The number of amides is 1. The highest BCUT2D eigenvalue weighted by Gasteiger charge is 2.10. The molecule has 1 aromatic carbocycles. The Bertz CT molecular complexity index is 963. The molecule has 2 heterocycles. The maximum absolute atomic E-state index is 12.3. The van der Waals surface area contributed by atoms with E-state index in [4.69, 9.17) is 5.73 Å². The van der Waals surface area contributed by atoms with E-state index in [1.807, 2.05) is 25.1 Å². The van der Waals surface area contributed by atoms with Crippen LogP contribution in [0.5, 0.6) is 0 Å². The second-order valence-electron chi connectivity index (χ2n) is 7.22. The number of aromatic amines is 1. The van der Waals surface area contributed by atoms with Crippen LogP contribution in [0, 0.1) is 12.8 Å². The first-order valence-corrected chi connectivity index (χ1v) is 10.4. The second-order valence-corrected chi connectivity index (χ2v) is 7.22. The van der Waals surface area contributed by atoms with E-state index < -0.39 is 0 Å². The van der Waals surface area contributed by atoms with E-state index >= 15 is 0 Å². The SMILES string of the molecule is C=Nc1ccccc1N.Cc1cc(NC(=O)/C2=C/C=C/NCC(CO)CCCN=C2)n[nH]1. The van der Waals surface area contributed by atoms with Gasteiger partial charge in [0.25, 0.3) is 5.91 Å². The maximum atomic E-state index is 12.3. The molecule has 1 aliphatic rings. The third-order valence-electron chi connectivity index (χ3n) is 4.60. The molecule has 0 fully saturated rings. The molecule has 3 rings (SSSR count). The highest BCUT2D eigenvalue weighted by atomic mass is 16.3. The monoisotopic (exact) mass is 437 g/mol. The van der Waals surface area contributed by atoms with E-state index in [2.05, 4.69) is 37.5 Å². The zero-order chi connectivity index (χ0) is 23.2. The Morgan fingerprint density at radius 1 is 1.41 bits per heavy atom. The van der Waals surface area contributed by atoms with E-state index in [9.17, 15) is 9.90 Å². The quantitative estimate of drug-likeness (QED) is 0.369. The predicted octanol–water partition coefficient (Wildman–Crippen LogP) is 2.76. The van der Waals surface area contributed by atoms with Crippen LogP contribution in [-0.2, 0) is 4.79 Å². The Kier molecular flexibility index (Phi) is 10.4. The van der Waals surface area contributed by atoms with Gasteiger partial charge in [0.1, 0.15) is 0 Å². The summed E-state index contributed by atoms with van der Waals surface area (Å²) in [5.74, 6) is 0.458. The number of nitrogens with one attached hydrogen (secondary N) is 3. The summed E-state index contributed by atoms with van der Waals surface area (Å²) in [6.45, 7) is 6.73. The number of aryl methyl sites for hydroxylation is 1. The van der Waals surface area contributed by atoms with Gasteiger partial charge in [-0.25, -0.2) is 0 Å². The summed E-state index contributed by atoms with van der Waals surface area (Å²) in [6.07, 6.45) is 8.57. The summed E-state index contributed by atoms with van der Waals surface area (Å²) in [7, 11) is 0. The molecule has 9 nitrogen and oxygen atoms in total. The molecule has 1 unspecified atom stereocenters. The fraction of sp³-hybridized carbons (Fsp3) is 0.304. The van der Waals surface area contributed by atoms with Gasteiger partial charge in [-0.15, -0.1) is 0 Å². The summed E-state index contributed by atoms with van der Waals surface area (Å²) in [6, 6.07) is 9.12. The van der Waals surface area contributed by atoms with Gasteiger partial charge in [-0.05, 0) is 62.9 Å². The molecule has 32 heavy (non-hydrogen) atoms. The predicted molar refractivity (Wildman–Crippen MR) is 130 cm³/mol. The number of nitrogens with zero attached hydrogens (tertiary/aromatic N) is 3. The summed E-state index contributed by atoms with van der Waals surface area (Å²) in [4.78, 5) is 20.3. The third-order valence-corrected chi connectivity index (χ3v) is 4.60. The molecule has 1 aromatic heterocycles. The molecule has 0 radical (unpaired) electrons. The lowest BCUT2D eigenvalue weighted by Crippen LogP contribution is -2.21. The van der Waals surface area contributed by atoms with Gasteiger partial charge in [-0.1, -0.05) is 12.1 Å². The van der Waals surface area contributed by atoms with Crippen molar-refractivity contribution >= 4 is 36.0 Å². The number of hydrogen-bond acceptors (Lipinski definition) is 7. The molecule has 2 aromatic rings. The van der Waals surface area contributed by atoms with E-state index in [1.54, 1.807) is 36.7 Å². The van der Waals surface area contributed by atoms with Crippen molar-refractivity contribution in [2.75, 3.05) is 30.7 Å². The molecule has 0 spiro atoms. The average molecular weight is 438 g/mol. The number of aliphatic imine (C=N–C) groups is 2. The van der Waals surface area contributed by atoms with Crippen molar-refractivity contribution in [3.05, 3.63) is 60.0 Å². The number of H-pyrrole nitrogens is 1. The first-order chi connectivity index (χ1) is 15.5. The number of rotatable bonds is 4. The number of aliphatic hydroxyl groups excluding tert-OH is 1. The number of aromatic nitrogens is 2. The first kappa shape index (κ1) is 24.5. The number of nitrogens with two attached hydrogens (primary N) is 1. The number of aliphatic hydroxyl groups is 1. The van der Waals surface area contributed by atoms with Crippen molar-refractivity contribution in [1.82, 2.24) is 15.5 Å². The number of benzene rings is 1. The van der Waals surface area contributed by atoms with Gasteiger partial charge in [-0.3, -0.25) is 19.9 Å². The molecule has 9 heteroatoms. The standard InChI is InChI=1S/C16H23N5O2.C7H8N2/c1-12-8-15(21-20-12)19-16(23)14-5-3-7-17-9-13(11-22)4-2-6-18-10-14;1-9-7-5-3-2-4-6(7)8/h3,5,7-8,10,13,17,22H,2,4,6,9,11H2,1H3,(H2,19,20,21,23);2-5H,1,8H2/b7-3+,14-5+,18-10?;. The van der Waals surface area contributed by atoms with Gasteiger partial charge in [0.2, 0.25) is 0 Å². The molecular weight excluding hydrogens is 406 g/mol. The Morgan fingerprint density at radius 2 is 2.22 bits per heavy atom. The van der Waals surface area contributed by atoms with E-state index in [-0.39, 0.29) is 18.4 Å². The number of anilines is 2. The van der Waals surface area contributed by atoms with Crippen LogP contribution in [0.2, 0.25) is 0 Å². The largest absolute Gasteiger partial charge is 0.397 e. The highest BCUT2D eigenvalue weighted by Crippen LogP contribution is 2.18. The molecule has 1 aliphatic heterocycles. The smallest absolute Gasteiger partial charge is 0.258 e. The van der Waals surface area contributed by atoms with Crippen LogP contribution in [-0.4, -0.2) is 53.8 Å². The minimum absolute atomic E-state index is 0.164. The lowest BCUT2D eigenvalue weighted by atomic mass is 10.0. The molecule has 0 aliphatic carbocycles. The van der Waals surface area contributed by atoms with Gasteiger partial charge in [0.15, 0.2) is 5.82 Å². The van der Waals surface area contributed by atoms with E-state index in [0.29, 0.717) is 30.2 Å². The molecule has 0 bridgehead atoms. The van der Waals surface area contributed by atoms with Gasteiger partial charge in [0.05, 0.1) is 16.9 Å². The fourth-order valence-corrected chi connectivity index (χ4v) is 2.83. The lowest BCUT2D eigenvalue weighted by molar-refractivity contribution is -0.112. The minimum Gasteiger partial charge on any atom is -0.397 e. The van der Waals surface area contributed by atoms with Crippen LogP contribution < -0.4 is 16.4 Å². The van der Waals surface area contributed by atoms with Gasteiger partial charge in [0, 0.05) is 37.7 Å². The number of para-hydroxylation sites is 2. The number of allylic oxidation sites excluding steroid dienone is 2. The van der Waals surface area contributed by atoms with Crippen molar-refractivity contribution < 1.29 is 9.90 Å². The van der Waals surface area contributed by atoms with E-state index in [1.165, 1.54) is 0 Å². The van der Waals surface area contributed by atoms with Crippen molar-refractivity contribution in [2.24, 2.45) is 15.9 Å². The van der Waals surface area contributed by atoms with Crippen LogP contribution >= 0.6 is 0 Å². The van der Waals surface area contributed by atoms with Crippen LogP contribution in [0.3, 0.4) is 0 Å². The van der Waals surface area contributed by atoms with Gasteiger partial charge < -0.3 is 21.5 Å². The highest BCUT2D eigenvalue weighted by molar-refractivity contribution is 6.17. The maximum Gasteiger partial charge on any atom is 0.258 e. The first-order valence-electron chi connectivity index (χ1n) is 10.4. The van der Waals surface area contributed by atoms with Crippen LogP contribution in [0.4, 0.5) is 17.2 Å². The van der Waals surface area contributed by atoms with Crippen LogP contribution in [0.15, 0.2) is 64.2 Å². The molecule has 0 saturated carbocycles. The Labute approximate surface area is 188 Å². The number of carbonyl (C=O) groups is 1. The summed E-state index contributed by atoms with van der Waals surface area (Å²) < 4.78 is 0. The van der Waals surface area contributed by atoms with Gasteiger partial charge in [-0.2, -0.15) is 5.10 Å². The zero-order valence-electron chi connectivity index (χ0n) is 18.3. The fourth-order valence-electron chi connectivity index (χ4n) is 2.83. The normalized spacial score (nSPS) is 18.9. The molecular formula is C23H31N7O2. The number of hydrogen-bond donors (Lipinski definition) is 5. The number of nitrogen functional groups attached to an aromatic ring is 1. The zero-order valence-corrected chi connectivity index (χ0v) is 18.3. The van der Waals surface area contributed by atoms with Crippen molar-refractivity contribution in [2.45, 2.75) is 19.8 Å². The Hall–Kier alpha value is -3.72. The summed E-state index contributed by atoms with van der Waals surface area (Å²) >= 11 is 0. The van der Waals surface area contributed by atoms with Gasteiger partial charge >= 0.3 is 0 Å². The van der Waals surface area contributed by atoms with Crippen LogP contribution in [0.25, 0.3) is 0 Å². The van der Waals surface area contributed by atoms with Crippen molar-refractivity contribution in [3.63, 3.8) is 0 Å².